The number of benzene rings is 2. The summed E-state index contributed by atoms with van der Waals surface area (Å²) in [5.41, 5.74) is 1.79. The first kappa shape index (κ1) is 20.6. The second-order valence-electron chi connectivity index (χ2n) is 6.89. The van der Waals surface area contributed by atoms with E-state index >= 15 is 0 Å². The van der Waals surface area contributed by atoms with E-state index in [1.165, 1.54) is 0 Å². The molecule has 2 atom stereocenters. The van der Waals surface area contributed by atoms with Crippen LogP contribution in [0.4, 0.5) is 0 Å². The van der Waals surface area contributed by atoms with Crippen molar-refractivity contribution in [2.75, 3.05) is 26.2 Å². The monoisotopic (exact) mass is 357 g/mol. The standard InChI is InChI=1S/C22H31NO3/c1-18(2)26-15-9-14-23(16-21(24)19-10-5-3-6-11-19)17-22(25)20-12-7-4-8-13-20/h3-8,10-13,18,21-22,24-25H,9,14-17H2,1-2H3/t21-,22-/m1/s1. The Kier molecular flexibility index (Phi) is 8.78. The largest absolute Gasteiger partial charge is 0.387 e. The Hall–Kier alpha value is -1.72. The second kappa shape index (κ2) is 11.1. The summed E-state index contributed by atoms with van der Waals surface area (Å²) >= 11 is 0. The summed E-state index contributed by atoms with van der Waals surface area (Å²) in [4.78, 5) is 2.11. The van der Waals surface area contributed by atoms with Gasteiger partial charge in [0.25, 0.3) is 0 Å². The smallest absolute Gasteiger partial charge is 0.0916 e. The zero-order valence-electron chi connectivity index (χ0n) is 15.8. The molecule has 2 aromatic rings. The first-order valence-corrected chi connectivity index (χ1v) is 9.36. The predicted octanol–water partition coefficient (Wildman–Crippen LogP) is 3.57. The van der Waals surface area contributed by atoms with Crippen molar-refractivity contribution in [2.24, 2.45) is 0 Å². The quantitative estimate of drug-likeness (QED) is 0.604. The highest BCUT2D eigenvalue weighted by Gasteiger charge is 2.17. The molecule has 0 amide bonds. The normalized spacial score (nSPS) is 13.9. The lowest BCUT2D eigenvalue weighted by Gasteiger charge is -2.27. The minimum atomic E-state index is -0.579. The van der Waals surface area contributed by atoms with Gasteiger partial charge in [-0.2, -0.15) is 0 Å². The van der Waals surface area contributed by atoms with Gasteiger partial charge in [0, 0.05) is 26.2 Å². The van der Waals surface area contributed by atoms with Gasteiger partial charge in [0.1, 0.15) is 0 Å². The lowest BCUT2D eigenvalue weighted by Crippen LogP contribution is -2.34. The van der Waals surface area contributed by atoms with Crippen LogP contribution in [0.5, 0.6) is 0 Å². The van der Waals surface area contributed by atoms with Gasteiger partial charge in [-0.05, 0) is 31.4 Å². The minimum Gasteiger partial charge on any atom is -0.387 e. The zero-order chi connectivity index (χ0) is 18.8. The zero-order valence-corrected chi connectivity index (χ0v) is 15.8. The van der Waals surface area contributed by atoms with Gasteiger partial charge in [-0.25, -0.2) is 0 Å². The number of hydrogen-bond donors (Lipinski definition) is 2. The van der Waals surface area contributed by atoms with Gasteiger partial charge in [0.05, 0.1) is 18.3 Å². The summed E-state index contributed by atoms with van der Waals surface area (Å²) < 4.78 is 5.62. The average Bonchev–Trinajstić information content (AvgIpc) is 2.66. The topological polar surface area (TPSA) is 52.9 Å². The molecule has 0 aliphatic rings. The summed E-state index contributed by atoms with van der Waals surface area (Å²) in [6, 6.07) is 19.3. The van der Waals surface area contributed by atoms with Crippen LogP contribution in [0.1, 0.15) is 43.6 Å². The molecular weight excluding hydrogens is 326 g/mol. The Bertz CT molecular complexity index is 556. The number of aliphatic hydroxyl groups excluding tert-OH is 2. The molecule has 0 saturated heterocycles. The molecule has 0 aromatic heterocycles. The Morgan fingerprint density at radius 1 is 0.808 bits per heavy atom. The number of nitrogens with zero attached hydrogens (tertiary/aromatic N) is 1. The summed E-state index contributed by atoms with van der Waals surface area (Å²) in [6.07, 6.45) is -0.0788. The lowest BCUT2D eigenvalue weighted by molar-refractivity contribution is 0.0464. The molecule has 142 valence electrons. The fraction of sp³-hybridized carbons (Fsp3) is 0.455. The molecular formula is C22H31NO3. The number of aliphatic hydroxyl groups is 2. The van der Waals surface area contributed by atoms with Gasteiger partial charge < -0.3 is 14.9 Å². The van der Waals surface area contributed by atoms with Crippen LogP contribution in [0.2, 0.25) is 0 Å². The van der Waals surface area contributed by atoms with E-state index < -0.39 is 12.2 Å². The lowest BCUT2D eigenvalue weighted by atomic mass is 10.1. The molecule has 0 bridgehead atoms. The van der Waals surface area contributed by atoms with E-state index in [0.29, 0.717) is 19.7 Å². The van der Waals surface area contributed by atoms with Crippen molar-refractivity contribution in [3.8, 4) is 0 Å². The van der Waals surface area contributed by atoms with E-state index in [1.807, 2.05) is 74.5 Å². The van der Waals surface area contributed by atoms with E-state index in [4.69, 9.17) is 4.74 Å². The van der Waals surface area contributed by atoms with Crippen molar-refractivity contribution in [1.82, 2.24) is 4.90 Å². The number of rotatable bonds is 11. The first-order chi connectivity index (χ1) is 12.6. The molecule has 2 N–H and O–H groups in total. The van der Waals surface area contributed by atoms with Crippen molar-refractivity contribution in [3.63, 3.8) is 0 Å². The van der Waals surface area contributed by atoms with Crippen LogP contribution in [-0.2, 0) is 4.74 Å². The van der Waals surface area contributed by atoms with Crippen LogP contribution in [0.25, 0.3) is 0 Å². The second-order valence-corrected chi connectivity index (χ2v) is 6.89. The van der Waals surface area contributed by atoms with Crippen molar-refractivity contribution in [1.29, 1.82) is 0 Å². The molecule has 0 spiro atoms. The maximum Gasteiger partial charge on any atom is 0.0916 e. The van der Waals surface area contributed by atoms with Crippen LogP contribution in [0.15, 0.2) is 60.7 Å². The molecule has 2 aromatic carbocycles. The van der Waals surface area contributed by atoms with Crippen molar-refractivity contribution in [3.05, 3.63) is 71.8 Å². The first-order valence-electron chi connectivity index (χ1n) is 9.36. The third-order valence-electron chi connectivity index (χ3n) is 4.30. The fourth-order valence-corrected chi connectivity index (χ4v) is 2.91. The van der Waals surface area contributed by atoms with Crippen LogP contribution in [-0.4, -0.2) is 47.5 Å². The summed E-state index contributed by atoms with van der Waals surface area (Å²) in [5, 5.41) is 21.1. The van der Waals surface area contributed by atoms with E-state index in [-0.39, 0.29) is 6.10 Å². The molecule has 4 nitrogen and oxygen atoms in total. The van der Waals surface area contributed by atoms with E-state index in [9.17, 15) is 10.2 Å². The highest BCUT2D eigenvalue weighted by molar-refractivity contribution is 5.19. The van der Waals surface area contributed by atoms with E-state index in [2.05, 4.69) is 4.90 Å². The van der Waals surface area contributed by atoms with E-state index in [0.717, 1.165) is 24.1 Å². The van der Waals surface area contributed by atoms with Crippen molar-refractivity contribution in [2.45, 2.75) is 38.6 Å². The van der Waals surface area contributed by atoms with Gasteiger partial charge >= 0.3 is 0 Å². The maximum absolute atomic E-state index is 10.6. The molecule has 0 fully saturated rings. The third kappa shape index (κ3) is 7.26. The molecule has 0 saturated carbocycles. The maximum atomic E-state index is 10.6. The Labute approximate surface area is 157 Å². The Morgan fingerprint density at radius 2 is 1.27 bits per heavy atom. The Balaban J connectivity index is 1.96. The molecule has 0 aliphatic heterocycles. The van der Waals surface area contributed by atoms with Gasteiger partial charge in [-0.15, -0.1) is 0 Å². The van der Waals surface area contributed by atoms with Crippen molar-refractivity contribution >= 4 is 0 Å². The van der Waals surface area contributed by atoms with E-state index in [1.54, 1.807) is 0 Å². The number of hydrogen-bond acceptors (Lipinski definition) is 4. The van der Waals surface area contributed by atoms with Gasteiger partial charge in [-0.1, -0.05) is 60.7 Å². The van der Waals surface area contributed by atoms with Gasteiger partial charge in [-0.3, -0.25) is 4.90 Å². The predicted molar refractivity (Wildman–Crippen MR) is 105 cm³/mol. The number of ether oxygens (including phenoxy) is 1. The summed E-state index contributed by atoms with van der Waals surface area (Å²) in [7, 11) is 0. The highest BCUT2D eigenvalue weighted by atomic mass is 16.5. The van der Waals surface area contributed by atoms with Crippen LogP contribution < -0.4 is 0 Å². The fourth-order valence-electron chi connectivity index (χ4n) is 2.91. The summed E-state index contributed by atoms with van der Waals surface area (Å²) in [6.45, 7) is 6.45. The average molecular weight is 357 g/mol. The molecule has 0 radical (unpaired) electrons. The molecule has 26 heavy (non-hydrogen) atoms. The van der Waals surface area contributed by atoms with Crippen molar-refractivity contribution < 1.29 is 14.9 Å². The molecule has 0 aliphatic carbocycles. The molecule has 0 heterocycles. The van der Waals surface area contributed by atoms with Crippen LogP contribution >= 0.6 is 0 Å². The van der Waals surface area contributed by atoms with Crippen LogP contribution in [0, 0.1) is 0 Å². The molecule has 4 heteroatoms. The van der Waals surface area contributed by atoms with Gasteiger partial charge in [0.15, 0.2) is 0 Å². The third-order valence-corrected chi connectivity index (χ3v) is 4.30. The highest BCUT2D eigenvalue weighted by Crippen LogP contribution is 2.18. The molecule has 0 unspecified atom stereocenters. The minimum absolute atomic E-state index is 0.216. The summed E-state index contributed by atoms with van der Waals surface area (Å²) in [5.74, 6) is 0. The SMILES string of the molecule is CC(C)OCCCN(C[C@@H](O)c1ccccc1)C[C@@H](O)c1ccccc1. The van der Waals surface area contributed by atoms with Gasteiger partial charge in [0.2, 0.25) is 0 Å². The molecule has 2 rings (SSSR count). The van der Waals surface area contributed by atoms with Crippen LogP contribution in [0.3, 0.4) is 0 Å². The Morgan fingerprint density at radius 3 is 1.69 bits per heavy atom.